The predicted octanol–water partition coefficient (Wildman–Crippen LogP) is 5.98. The first kappa shape index (κ1) is 17.0. The van der Waals surface area contributed by atoms with Crippen LogP contribution < -0.4 is 0 Å². The van der Waals surface area contributed by atoms with Gasteiger partial charge in [0.2, 0.25) is 0 Å². The van der Waals surface area contributed by atoms with Crippen molar-refractivity contribution >= 4 is 44.9 Å². The first-order valence-corrected chi connectivity index (χ1v) is 9.46. The number of alkyl halides is 2. The first-order valence-electron chi connectivity index (χ1n) is 6.30. The Hall–Kier alpha value is -0.330. The van der Waals surface area contributed by atoms with Crippen LogP contribution in [0.25, 0.3) is 10.1 Å². The van der Waals surface area contributed by atoms with Crippen molar-refractivity contribution in [3.05, 3.63) is 33.6 Å². The van der Waals surface area contributed by atoms with Crippen LogP contribution in [0.15, 0.2) is 28.7 Å². The average molecular weight is 399 g/mol. The normalized spacial score (nSPS) is 13.0. The number of rotatable bonds is 6. The van der Waals surface area contributed by atoms with E-state index in [1.165, 1.54) is 19.9 Å². The van der Waals surface area contributed by atoms with E-state index in [2.05, 4.69) is 15.9 Å². The Morgan fingerprint density at radius 2 is 1.86 bits per heavy atom. The van der Waals surface area contributed by atoms with Gasteiger partial charge in [-0.15, -0.1) is 11.3 Å². The molecule has 0 N–H and O–H groups in total. The first-order chi connectivity index (χ1) is 9.84. The molecule has 0 atom stereocenters. The summed E-state index contributed by atoms with van der Waals surface area (Å²) >= 11 is 4.18. The number of benzene rings is 1. The predicted molar refractivity (Wildman–Crippen MR) is 84.3 cm³/mol. The van der Waals surface area contributed by atoms with Crippen molar-refractivity contribution in [2.24, 2.45) is 0 Å². The Balaban J connectivity index is 2.50. The van der Waals surface area contributed by atoms with E-state index < -0.39 is 13.3 Å². The quantitative estimate of drug-likeness (QED) is 0.561. The van der Waals surface area contributed by atoms with Crippen molar-refractivity contribution < 1.29 is 22.4 Å². The van der Waals surface area contributed by atoms with Crippen LogP contribution >= 0.6 is 34.9 Å². The van der Waals surface area contributed by atoms with Crippen molar-refractivity contribution in [3.63, 3.8) is 0 Å². The van der Waals surface area contributed by atoms with E-state index in [1.54, 1.807) is 18.2 Å². The van der Waals surface area contributed by atoms with Crippen molar-refractivity contribution in [2.75, 3.05) is 13.2 Å². The molecule has 1 aromatic heterocycles. The second-order valence-corrected chi connectivity index (χ2v) is 8.24. The maximum atomic E-state index is 14.6. The van der Waals surface area contributed by atoms with Gasteiger partial charge in [0.15, 0.2) is 0 Å². The minimum Gasteiger partial charge on any atom is -0.304 e. The Bertz CT molecular complexity index is 679. The summed E-state index contributed by atoms with van der Waals surface area (Å²) in [7, 11) is -4.55. The molecule has 2 rings (SSSR count). The molecule has 0 saturated carbocycles. The molecule has 0 unspecified atom stereocenters. The molecule has 116 valence electrons. The number of fused-ring (bicyclic) bond motifs is 1. The summed E-state index contributed by atoms with van der Waals surface area (Å²) in [6, 6.07) is 6.56. The van der Waals surface area contributed by atoms with Crippen LogP contribution in [0.1, 0.15) is 18.7 Å². The Morgan fingerprint density at radius 3 is 2.43 bits per heavy atom. The molecule has 0 saturated heterocycles. The molecule has 3 nitrogen and oxygen atoms in total. The van der Waals surface area contributed by atoms with Crippen molar-refractivity contribution in [2.45, 2.75) is 19.5 Å². The van der Waals surface area contributed by atoms with Crippen LogP contribution in [-0.4, -0.2) is 13.2 Å². The summed E-state index contributed by atoms with van der Waals surface area (Å²) in [5.41, 5.74) is -3.67. The van der Waals surface area contributed by atoms with Gasteiger partial charge in [0, 0.05) is 9.17 Å². The highest BCUT2D eigenvalue weighted by Gasteiger charge is 2.55. The summed E-state index contributed by atoms with van der Waals surface area (Å²) in [6.07, 6.45) is 0. The van der Waals surface area contributed by atoms with Crippen LogP contribution in [0, 0.1) is 0 Å². The van der Waals surface area contributed by atoms with Gasteiger partial charge in [-0.3, -0.25) is 4.57 Å². The molecular formula is C13H14BrF2O3PS. The van der Waals surface area contributed by atoms with E-state index in [0.717, 1.165) is 15.8 Å². The minimum absolute atomic E-state index is 0.108. The zero-order valence-corrected chi connectivity index (χ0v) is 14.7. The van der Waals surface area contributed by atoms with E-state index in [-0.39, 0.29) is 18.1 Å². The molecule has 0 amide bonds. The largest absolute Gasteiger partial charge is 0.405 e. The molecule has 2 aromatic rings. The molecule has 1 heterocycles. The highest BCUT2D eigenvalue weighted by atomic mass is 79.9. The van der Waals surface area contributed by atoms with E-state index in [0.29, 0.717) is 10.1 Å². The van der Waals surface area contributed by atoms with Gasteiger partial charge >= 0.3 is 13.3 Å². The zero-order valence-electron chi connectivity index (χ0n) is 11.4. The second kappa shape index (κ2) is 6.42. The van der Waals surface area contributed by atoms with E-state index >= 15 is 0 Å². The minimum atomic E-state index is -4.55. The third kappa shape index (κ3) is 3.22. The van der Waals surface area contributed by atoms with Crippen molar-refractivity contribution in [3.8, 4) is 0 Å². The van der Waals surface area contributed by atoms with Crippen LogP contribution in [0.5, 0.6) is 0 Å². The topological polar surface area (TPSA) is 35.5 Å². The van der Waals surface area contributed by atoms with Gasteiger partial charge in [-0.1, -0.05) is 22.0 Å². The molecule has 0 fully saturated rings. The lowest BCUT2D eigenvalue weighted by Gasteiger charge is -2.24. The van der Waals surface area contributed by atoms with Crippen LogP contribution in [0.2, 0.25) is 0 Å². The molecule has 8 heteroatoms. The fourth-order valence-corrected chi connectivity index (χ4v) is 5.20. The molecule has 0 bridgehead atoms. The molecular weight excluding hydrogens is 385 g/mol. The summed E-state index contributed by atoms with van der Waals surface area (Å²) in [5.74, 6) is 0. The van der Waals surface area contributed by atoms with E-state index in [1.807, 2.05) is 0 Å². The third-order valence-corrected chi connectivity index (χ3v) is 6.66. The molecule has 0 spiro atoms. The van der Waals surface area contributed by atoms with Gasteiger partial charge in [0.25, 0.3) is 0 Å². The smallest absolute Gasteiger partial charge is 0.304 e. The van der Waals surface area contributed by atoms with E-state index in [9.17, 15) is 13.3 Å². The number of thiophene rings is 1. The van der Waals surface area contributed by atoms with Crippen molar-refractivity contribution in [1.82, 2.24) is 0 Å². The Kier molecular flexibility index (Phi) is 5.21. The summed E-state index contributed by atoms with van der Waals surface area (Å²) in [5, 5.41) is 0.664. The van der Waals surface area contributed by atoms with Gasteiger partial charge in [-0.05, 0) is 37.4 Å². The molecule has 0 aliphatic carbocycles. The highest BCUT2D eigenvalue weighted by Crippen LogP contribution is 2.67. The molecule has 21 heavy (non-hydrogen) atoms. The summed E-state index contributed by atoms with van der Waals surface area (Å²) < 4.78 is 52.6. The van der Waals surface area contributed by atoms with Gasteiger partial charge < -0.3 is 9.05 Å². The van der Waals surface area contributed by atoms with Crippen molar-refractivity contribution in [1.29, 1.82) is 0 Å². The lowest BCUT2D eigenvalue weighted by Crippen LogP contribution is -2.16. The monoisotopic (exact) mass is 398 g/mol. The van der Waals surface area contributed by atoms with Gasteiger partial charge in [0.1, 0.15) is 0 Å². The van der Waals surface area contributed by atoms with Crippen LogP contribution in [0.4, 0.5) is 8.78 Å². The molecule has 1 aromatic carbocycles. The summed E-state index contributed by atoms with van der Waals surface area (Å²) in [4.78, 5) is -0.319. The van der Waals surface area contributed by atoms with Gasteiger partial charge in [-0.25, -0.2) is 0 Å². The number of hydrogen-bond acceptors (Lipinski definition) is 4. The zero-order chi connectivity index (χ0) is 15.7. The standard InChI is InChI=1S/C13H14BrF2O3PS/c1-3-18-20(17,19-4-2)13(15,16)12-7-9-5-6-10(14)8-11(9)21-12/h5-8H,3-4H2,1-2H3. The molecule has 0 radical (unpaired) electrons. The SMILES string of the molecule is CCOP(=O)(OCC)C(F)(F)c1cc2ccc(Br)cc2s1. The lowest BCUT2D eigenvalue weighted by atomic mass is 10.2. The third-order valence-electron chi connectivity index (χ3n) is 2.72. The van der Waals surface area contributed by atoms with Crippen LogP contribution in [0.3, 0.4) is 0 Å². The van der Waals surface area contributed by atoms with Gasteiger partial charge in [0.05, 0.1) is 18.1 Å². The number of hydrogen-bond donors (Lipinski definition) is 0. The summed E-state index contributed by atoms with van der Waals surface area (Å²) in [6.45, 7) is 2.79. The Labute approximate surface area is 133 Å². The number of halogens is 3. The maximum absolute atomic E-state index is 14.6. The molecule has 0 aliphatic rings. The van der Waals surface area contributed by atoms with Gasteiger partial charge in [-0.2, -0.15) is 8.78 Å². The maximum Gasteiger partial charge on any atom is 0.405 e. The molecule has 0 aliphatic heterocycles. The highest BCUT2D eigenvalue weighted by molar-refractivity contribution is 9.10. The Morgan fingerprint density at radius 1 is 1.24 bits per heavy atom. The van der Waals surface area contributed by atoms with Crippen LogP contribution in [-0.2, 0) is 19.3 Å². The fourth-order valence-electron chi connectivity index (χ4n) is 1.83. The second-order valence-electron chi connectivity index (χ2n) is 4.17. The van der Waals surface area contributed by atoms with E-state index in [4.69, 9.17) is 9.05 Å². The lowest BCUT2D eigenvalue weighted by molar-refractivity contribution is 0.0392. The fraction of sp³-hybridized carbons (Fsp3) is 0.385. The average Bonchev–Trinajstić information content (AvgIpc) is 2.82.